The first-order valence-corrected chi connectivity index (χ1v) is 8.70. The number of carbonyl (C=O) groups excluding carboxylic acids is 1. The van der Waals surface area contributed by atoms with E-state index in [4.69, 9.17) is 9.84 Å². The van der Waals surface area contributed by atoms with Crippen molar-refractivity contribution in [1.82, 2.24) is 0 Å². The number of carbonyl (C=O) groups is 1. The summed E-state index contributed by atoms with van der Waals surface area (Å²) in [5.41, 5.74) is 0. The predicted molar refractivity (Wildman–Crippen MR) is 86.8 cm³/mol. The van der Waals surface area contributed by atoms with Crippen molar-refractivity contribution in [2.24, 2.45) is 0 Å². The molecule has 0 aliphatic rings. The molecule has 0 heterocycles. The van der Waals surface area contributed by atoms with Crippen LogP contribution in [0.2, 0.25) is 0 Å². The highest BCUT2D eigenvalue weighted by Gasteiger charge is 1.99. The molecule has 0 aromatic rings. The summed E-state index contributed by atoms with van der Waals surface area (Å²) in [4.78, 5) is 10.6. The average molecular weight is 468 g/mol. The lowest BCUT2D eigenvalue weighted by Gasteiger charge is -2.04. The maximum Gasteiger partial charge on any atom is 0.331 e. The Hall–Kier alpha value is 0.890. The van der Waals surface area contributed by atoms with Crippen LogP contribution in [0.1, 0.15) is 51.4 Å². The molecule has 102 valence electrons. The van der Waals surface area contributed by atoms with Crippen LogP contribution in [0, 0.1) is 0 Å². The molecule has 0 rings (SSSR count). The second-order valence-electron chi connectivity index (χ2n) is 4.03. The van der Waals surface area contributed by atoms with E-state index in [1.807, 2.05) is 0 Å². The van der Waals surface area contributed by atoms with Gasteiger partial charge in [0.1, 0.15) is 6.61 Å². The summed E-state index contributed by atoms with van der Waals surface area (Å²) in [6, 6.07) is 0. The molecule has 0 spiro atoms. The number of hydrogen-bond acceptors (Lipinski definition) is 3. The number of unbranched alkanes of at least 4 members (excludes halogenated alkanes) is 6. The summed E-state index contributed by atoms with van der Waals surface area (Å²) in [6.07, 6.45) is 9.83. The molecular weight excluding hydrogens is 446 g/mol. The van der Waals surface area contributed by atoms with E-state index in [1.165, 1.54) is 38.5 Å². The fraction of sp³-hybridized carbons (Fsp3) is 0.917. The van der Waals surface area contributed by atoms with Crippen molar-refractivity contribution in [2.45, 2.75) is 53.3 Å². The smallest absolute Gasteiger partial charge is 0.331 e. The molecule has 0 saturated heterocycles. The minimum Gasteiger partial charge on any atom is -0.464 e. The zero-order valence-corrected chi connectivity index (χ0v) is 14.5. The van der Waals surface area contributed by atoms with Crippen LogP contribution in [0.3, 0.4) is 0 Å². The van der Waals surface area contributed by atoms with E-state index in [0.29, 0.717) is 6.61 Å². The average Bonchev–Trinajstić information content (AvgIpc) is 2.30. The van der Waals surface area contributed by atoms with Gasteiger partial charge >= 0.3 is 5.97 Å². The second kappa shape index (κ2) is 13.3. The molecule has 0 aliphatic carbocycles. The highest BCUT2D eigenvalue weighted by atomic mass is 127. The summed E-state index contributed by atoms with van der Waals surface area (Å²) in [6.45, 7) is -0.0562. The molecule has 1 N–H and O–H groups in total. The molecule has 0 aromatic heterocycles. The van der Waals surface area contributed by atoms with Crippen LogP contribution >= 0.6 is 45.2 Å². The standard InChI is InChI=1S/C12H22I2O3/c13-11(14)8-6-4-2-1-3-5-7-9-17-12(16)10-15/h11,15H,1-10H2. The third kappa shape index (κ3) is 14.8. The number of aliphatic hydroxyl groups is 1. The number of esters is 1. The van der Waals surface area contributed by atoms with Gasteiger partial charge in [-0.1, -0.05) is 83.7 Å². The molecule has 0 aromatic carbocycles. The first-order chi connectivity index (χ1) is 8.16. The molecule has 0 atom stereocenters. The largest absolute Gasteiger partial charge is 0.464 e. The van der Waals surface area contributed by atoms with Crippen LogP contribution in [0.5, 0.6) is 0 Å². The first kappa shape index (κ1) is 17.9. The first-order valence-electron chi connectivity index (χ1n) is 6.21. The molecule has 0 fully saturated rings. The maximum atomic E-state index is 10.6. The molecule has 0 radical (unpaired) electrons. The summed E-state index contributed by atoms with van der Waals surface area (Å²) >= 11 is 4.92. The van der Waals surface area contributed by atoms with Gasteiger partial charge < -0.3 is 9.84 Å². The van der Waals surface area contributed by atoms with Gasteiger partial charge in [0.15, 0.2) is 0 Å². The van der Waals surface area contributed by atoms with E-state index >= 15 is 0 Å². The molecule has 0 saturated carbocycles. The Bertz CT molecular complexity index is 187. The van der Waals surface area contributed by atoms with Crippen molar-refractivity contribution in [2.75, 3.05) is 13.2 Å². The summed E-state index contributed by atoms with van der Waals surface area (Å²) in [5, 5.41) is 8.42. The Kier molecular flexibility index (Phi) is 14.0. The lowest BCUT2D eigenvalue weighted by atomic mass is 10.1. The lowest BCUT2D eigenvalue weighted by molar-refractivity contribution is -0.147. The lowest BCUT2D eigenvalue weighted by Crippen LogP contribution is -2.09. The van der Waals surface area contributed by atoms with Gasteiger partial charge in [0.05, 0.1) is 8.54 Å². The van der Waals surface area contributed by atoms with Gasteiger partial charge in [0, 0.05) is 0 Å². The normalized spacial score (nSPS) is 10.8. The Balaban J connectivity index is 3.01. The quantitative estimate of drug-likeness (QED) is 0.217. The van der Waals surface area contributed by atoms with Crippen molar-refractivity contribution in [3.05, 3.63) is 0 Å². The number of hydrogen-bond donors (Lipinski definition) is 1. The molecule has 17 heavy (non-hydrogen) atoms. The number of alkyl halides is 2. The van der Waals surface area contributed by atoms with E-state index in [-0.39, 0.29) is 0 Å². The van der Waals surface area contributed by atoms with Crippen molar-refractivity contribution in [1.29, 1.82) is 0 Å². The van der Waals surface area contributed by atoms with Crippen LogP contribution in [0.15, 0.2) is 0 Å². The van der Waals surface area contributed by atoms with E-state index in [1.54, 1.807) is 0 Å². The minimum atomic E-state index is -0.517. The molecule has 0 unspecified atom stereocenters. The van der Waals surface area contributed by atoms with Crippen molar-refractivity contribution < 1.29 is 14.6 Å². The molecular formula is C12H22I2O3. The van der Waals surface area contributed by atoms with Crippen LogP contribution in [0.4, 0.5) is 0 Å². The van der Waals surface area contributed by atoms with E-state index in [9.17, 15) is 4.79 Å². The van der Waals surface area contributed by atoms with Gasteiger partial charge in [-0.2, -0.15) is 0 Å². The number of ether oxygens (including phenoxy) is 1. The number of rotatable bonds is 11. The summed E-state index contributed by atoms with van der Waals surface area (Å²) in [5.74, 6) is -0.517. The molecule has 3 nitrogen and oxygen atoms in total. The highest BCUT2D eigenvalue weighted by Crippen LogP contribution is 2.18. The van der Waals surface area contributed by atoms with Crippen molar-refractivity contribution in [3.8, 4) is 0 Å². The monoisotopic (exact) mass is 468 g/mol. The van der Waals surface area contributed by atoms with Crippen LogP contribution in [-0.4, -0.2) is 26.2 Å². The summed E-state index contributed by atoms with van der Waals surface area (Å²) < 4.78 is 5.54. The molecule has 0 aliphatic heterocycles. The molecule has 0 bridgehead atoms. The predicted octanol–water partition coefficient (Wildman–Crippen LogP) is 3.84. The summed E-state index contributed by atoms with van der Waals surface area (Å²) in [7, 11) is 0. The van der Waals surface area contributed by atoms with E-state index in [2.05, 4.69) is 45.2 Å². The van der Waals surface area contributed by atoms with Crippen LogP contribution < -0.4 is 0 Å². The van der Waals surface area contributed by atoms with Crippen molar-refractivity contribution in [3.63, 3.8) is 0 Å². The van der Waals surface area contributed by atoms with E-state index in [0.717, 1.165) is 14.8 Å². The van der Waals surface area contributed by atoms with Gasteiger partial charge in [-0.25, -0.2) is 4.79 Å². The fourth-order valence-corrected chi connectivity index (χ4v) is 2.40. The fourth-order valence-electron chi connectivity index (χ4n) is 1.52. The number of aliphatic hydroxyl groups excluding tert-OH is 1. The van der Waals surface area contributed by atoms with Crippen LogP contribution in [0.25, 0.3) is 0 Å². The minimum absolute atomic E-state index is 0.449. The highest BCUT2D eigenvalue weighted by molar-refractivity contribution is 14.2. The number of halogens is 2. The van der Waals surface area contributed by atoms with Gasteiger partial charge in [0.2, 0.25) is 0 Å². The third-order valence-corrected chi connectivity index (χ3v) is 3.70. The zero-order chi connectivity index (χ0) is 12.9. The van der Waals surface area contributed by atoms with Gasteiger partial charge in [-0.05, 0) is 12.8 Å². The van der Waals surface area contributed by atoms with Gasteiger partial charge in [0.25, 0.3) is 0 Å². The Morgan fingerprint density at radius 2 is 1.53 bits per heavy atom. The Morgan fingerprint density at radius 1 is 1.00 bits per heavy atom. The molecule has 5 heteroatoms. The van der Waals surface area contributed by atoms with Gasteiger partial charge in [-0.3, -0.25) is 0 Å². The zero-order valence-electron chi connectivity index (χ0n) is 10.2. The molecule has 0 amide bonds. The Morgan fingerprint density at radius 3 is 2.06 bits per heavy atom. The third-order valence-electron chi connectivity index (χ3n) is 2.46. The Labute approximate surface area is 131 Å². The van der Waals surface area contributed by atoms with Gasteiger partial charge in [-0.15, -0.1) is 0 Å². The SMILES string of the molecule is O=C(CO)OCCCCCCCCCC(I)I. The second-order valence-corrected chi connectivity index (χ2v) is 9.42. The van der Waals surface area contributed by atoms with E-state index < -0.39 is 12.6 Å². The van der Waals surface area contributed by atoms with Crippen LogP contribution in [-0.2, 0) is 9.53 Å². The topological polar surface area (TPSA) is 46.5 Å². The maximum absolute atomic E-state index is 10.6. The van der Waals surface area contributed by atoms with Crippen molar-refractivity contribution >= 4 is 51.2 Å².